The summed E-state index contributed by atoms with van der Waals surface area (Å²) < 4.78 is 5.54. The van der Waals surface area contributed by atoms with Crippen molar-refractivity contribution in [1.29, 1.82) is 0 Å². The second-order valence-corrected chi connectivity index (χ2v) is 3.81. The van der Waals surface area contributed by atoms with Gasteiger partial charge in [0.05, 0.1) is 6.04 Å². The summed E-state index contributed by atoms with van der Waals surface area (Å²) in [6, 6.07) is 8.11. The normalized spacial score (nSPS) is 19.1. The van der Waals surface area contributed by atoms with Gasteiger partial charge in [-0.2, -0.15) is 0 Å². The first-order valence-corrected chi connectivity index (χ1v) is 5.59. The number of nitrogens with one attached hydrogen (secondary N) is 1. The van der Waals surface area contributed by atoms with Crippen molar-refractivity contribution in [3.8, 4) is 5.75 Å². The van der Waals surface area contributed by atoms with E-state index in [4.69, 9.17) is 10.5 Å². The Kier molecular flexibility index (Phi) is 3.29. The molecule has 0 fully saturated rings. The Bertz CT molecular complexity index is 390. The monoisotopic (exact) mass is 219 g/mol. The molecule has 1 aromatic rings. The zero-order valence-electron chi connectivity index (χ0n) is 9.44. The average Bonchev–Trinajstić information content (AvgIpc) is 2.70. The molecule has 0 spiro atoms. The van der Waals surface area contributed by atoms with Crippen LogP contribution >= 0.6 is 0 Å². The molecule has 2 rings (SSSR count). The quantitative estimate of drug-likeness (QED) is 0.597. The lowest BCUT2D eigenvalue weighted by atomic mass is 10.1. The fourth-order valence-corrected chi connectivity index (χ4v) is 1.74. The van der Waals surface area contributed by atoms with E-state index in [-0.39, 0.29) is 6.04 Å². The number of rotatable bonds is 3. The maximum Gasteiger partial charge on any atom is 0.189 e. The first-order chi connectivity index (χ1) is 7.81. The van der Waals surface area contributed by atoms with Crippen LogP contribution in [-0.4, -0.2) is 19.1 Å². The molecule has 1 atom stereocenters. The first-order valence-electron chi connectivity index (χ1n) is 5.59. The number of aliphatic imine (C=N–C) groups is 1. The molecule has 4 nitrogen and oxygen atoms in total. The Labute approximate surface area is 95.5 Å². The third kappa shape index (κ3) is 2.27. The summed E-state index contributed by atoms with van der Waals surface area (Å²) in [7, 11) is 0. The van der Waals surface area contributed by atoms with Crippen LogP contribution in [0.5, 0.6) is 5.75 Å². The van der Waals surface area contributed by atoms with E-state index in [2.05, 4.69) is 17.2 Å². The number of fused-ring (bicyclic) bond motifs is 1. The standard InChI is InChI=1S/C12H17N3O/c1-2-7-14-12(13)15-10-8-16-11-6-4-3-5-9(10)11/h3-6,10H,2,7-8H2,1H3,(H3,13,14,15). The molecule has 0 saturated heterocycles. The summed E-state index contributed by atoms with van der Waals surface area (Å²) in [5.74, 6) is 1.43. The van der Waals surface area contributed by atoms with E-state index in [1.165, 1.54) is 0 Å². The molecule has 0 aromatic heterocycles. The third-order valence-corrected chi connectivity index (χ3v) is 2.53. The van der Waals surface area contributed by atoms with Crippen molar-refractivity contribution in [1.82, 2.24) is 5.32 Å². The van der Waals surface area contributed by atoms with E-state index in [0.717, 1.165) is 24.3 Å². The van der Waals surface area contributed by atoms with Gasteiger partial charge < -0.3 is 15.8 Å². The molecule has 86 valence electrons. The number of benzene rings is 1. The topological polar surface area (TPSA) is 59.6 Å². The van der Waals surface area contributed by atoms with Crippen LogP contribution in [0.25, 0.3) is 0 Å². The number of guanidine groups is 1. The highest BCUT2D eigenvalue weighted by molar-refractivity contribution is 5.78. The van der Waals surface area contributed by atoms with Crippen LogP contribution in [0, 0.1) is 0 Å². The van der Waals surface area contributed by atoms with E-state index in [1.807, 2.05) is 24.3 Å². The van der Waals surface area contributed by atoms with Gasteiger partial charge in [0.2, 0.25) is 0 Å². The number of nitrogens with zero attached hydrogens (tertiary/aromatic N) is 1. The molecular weight excluding hydrogens is 202 g/mol. The highest BCUT2D eigenvalue weighted by atomic mass is 16.5. The van der Waals surface area contributed by atoms with E-state index >= 15 is 0 Å². The van der Waals surface area contributed by atoms with Crippen LogP contribution in [0.1, 0.15) is 24.9 Å². The molecule has 1 aliphatic rings. The minimum Gasteiger partial charge on any atom is -0.491 e. The van der Waals surface area contributed by atoms with Gasteiger partial charge in [-0.1, -0.05) is 25.1 Å². The largest absolute Gasteiger partial charge is 0.491 e. The molecule has 1 unspecified atom stereocenters. The zero-order chi connectivity index (χ0) is 11.4. The molecule has 16 heavy (non-hydrogen) atoms. The molecule has 0 radical (unpaired) electrons. The van der Waals surface area contributed by atoms with Crippen molar-refractivity contribution in [3.63, 3.8) is 0 Å². The van der Waals surface area contributed by atoms with Crippen LogP contribution in [0.3, 0.4) is 0 Å². The summed E-state index contributed by atoms with van der Waals surface area (Å²) in [6.45, 7) is 3.44. The lowest BCUT2D eigenvalue weighted by Gasteiger charge is -2.11. The Hall–Kier alpha value is -1.71. The number of hydrogen-bond donors (Lipinski definition) is 2. The van der Waals surface area contributed by atoms with Gasteiger partial charge in [0.25, 0.3) is 0 Å². The summed E-state index contributed by atoms with van der Waals surface area (Å²) in [5.41, 5.74) is 6.93. The van der Waals surface area contributed by atoms with E-state index in [9.17, 15) is 0 Å². The predicted octanol–water partition coefficient (Wildman–Crippen LogP) is 1.43. The van der Waals surface area contributed by atoms with Crippen LogP contribution in [0.2, 0.25) is 0 Å². The van der Waals surface area contributed by atoms with Crippen molar-refractivity contribution in [2.45, 2.75) is 19.4 Å². The second-order valence-electron chi connectivity index (χ2n) is 3.81. The van der Waals surface area contributed by atoms with Gasteiger partial charge in [-0.3, -0.25) is 4.99 Å². The molecule has 1 heterocycles. The van der Waals surface area contributed by atoms with Crippen LogP contribution in [0.4, 0.5) is 0 Å². The zero-order valence-corrected chi connectivity index (χ0v) is 9.44. The minimum atomic E-state index is 0.122. The molecule has 1 aliphatic heterocycles. The Balaban J connectivity index is 2.03. The highest BCUT2D eigenvalue weighted by Crippen LogP contribution is 2.31. The fraction of sp³-hybridized carbons (Fsp3) is 0.417. The van der Waals surface area contributed by atoms with E-state index in [1.54, 1.807) is 0 Å². The number of ether oxygens (including phenoxy) is 1. The summed E-state index contributed by atoms with van der Waals surface area (Å²) in [4.78, 5) is 4.21. The minimum absolute atomic E-state index is 0.122. The molecule has 0 saturated carbocycles. The highest BCUT2D eigenvalue weighted by Gasteiger charge is 2.23. The van der Waals surface area contributed by atoms with Gasteiger partial charge >= 0.3 is 0 Å². The lowest BCUT2D eigenvalue weighted by Crippen LogP contribution is -2.35. The van der Waals surface area contributed by atoms with E-state index < -0.39 is 0 Å². The third-order valence-electron chi connectivity index (χ3n) is 2.53. The van der Waals surface area contributed by atoms with E-state index in [0.29, 0.717) is 12.6 Å². The van der Waals surface area contributed by atoms with Crippen molar-refractivity contribution in [2.75, 3.05) is 13.2 Å². The first kappa shape index (κ1) is 10.8. The van der Waals surface area contributed by atoms with Gasteiger partial charge in [-0.15, -0.1) is 0 Å². The van der Waals surface area contributed by atoms with Crippen molar-refractivity contribution in [2.24, 2.45) is 10.7 Å². The van der Waals surface area contributed by atoms with Crippen LogP contribution < -0.4 is 15.8 Å². The van der Waals surface area contributed by atoms with Gasteiger partial charge in [-0.05, 0) is 12.5 Å². The molecular formula is C12H17N3O. The van der Waals surface area contributed by atoms with Crippen molar-refractivity contribution < 1.29 is 4.74 Å². The van der Waals surface area contributed by atoms with Gasteiger partial charge in [-0.25, -0.2) is 0 Å². The smallest absolute Gasteiger partial charge is 0.189 e. The summed E-state index contributed by atoms with van der Waals surface area (Å²) in [6.07, 6.45) is 1.00. The SMILES string of the molecule is CCCN=C(N)NC1COc2ccccc21. The van der Waals surface area contributed by atoms with Crippen LogP contribution in [-0.2, 0) is 0 Å². The molecule has 0 bridgehead atoms. The average molecular weight is 219 g/mol. The molecule has 4 heteroatoms. The molecule has 3 N–H and O–H groups in total. The maximum absolute atomic E-state index is 5.78. The number of para-hydroxylation sites is 1. The van der Waals surface area contributed by atoms with Crippen molar-refractivity contribution in [3.05, 3.63) is 29.8 Å². The number of hydrogen-bond acceptors (Lipinski definition) is 2. The van der Waals surface area contributed by atoms with Gasteiger partial charge in [0, 0.05) is 12.1 Å². The number of nitrogens with two attached hydrogens (primary N) is 1. The summed E-state index contributed by atoms with van der Waals surface area (Å²) in [5, 5.41) is 3.17. The van der Waals surface area contributed by atoms with Crippen LogP contribution in [0.15, 0.2) is 29.3 Å². The maximum atomic E-state index is 5.78. The fourth-order valence-electron chi connectivity index (χ4n) is 1.74. The van der Waals surface area contributed by atoms with Crippen molar-refractivity contribution >= 4 is 5.96 Å². The van der Waals surface area contributed by atoms with Gasteiger partial charge in [0.15, 0.2) is 5.96 Å². The predicted molar refractivity (Wildman–Crippen MR) is 64.6 cm³/mol. The Morgan fingerprint density at radius 3 is 3.19 bits per heavy atom. The summed E-state index contributed by atoms with van der Waals surface area (Å²) >= 11 is 0. The second kappa shape index (κ2) is 4.88. The molecule has 1 aromatic carbocycles. The Morgan fingerprint density at radius 2 is 2.38 bits per heavy atom. The molecule has 0 aliphatic carbocycles. The molecule has 0 amide bonds. The van der Waals surface area contributed by atoms with Gasteiger partial charge in [0.1, 0.15) is 12.4 Å². The lowest BCUT2D eigenvalue weighted by molar-refractivity contribution is 0.324. The Morgan fingerprint density at radius 1 is 1.56 bits per heavy atom.